The second kappa shape index (κ2) is 8.22. The molecular formula is C23H24N4O4. The van der Waals surface area contributed by atoms with Crippen LogP contribution in [0.2, 0.25) is 0 Å². The maximum atomic E-state index is 13.0. The molecular weight excluding hydrogens is 396 g/mol. The van der Waals surface area contributed by atoms with Gasteiger partial charge in [0.25, 0.3) is 5.91 Å². The number of hydrogen-bond acceptors (Lipinski definition) is 5. The predicted octanol–water partition coefficient (Wildman–Crippen LogP) is 3.13. The summed E-state index contributed by atoms with van der Waals surface area (Å²) in [6, 6.07) is 12.1. The Bertz CT molecular complexity index is 1150. The van der Waals surface area contributed by atoms with Gasteiger partial charge in [0.1, 0.15) is 11.8 Å². The molecule has 160 valence electrons. The lowest BCUT2D eigenvalue weighted by Crippen LogP contribution is -2.36. The van der Waals surface area contributed by atoms with Crippen molar-refractivity contribution in [1.29, 1.82) is 0 Å². The molecule has 8 nitrogen and oxygen atoms in total. The molecule has 3 aromatic rings. The number of ketones is 1. The molecule has 0 spiro atoms. The molecule has 1 atom stereocenters. The molecule has 1 aliphatic rings. The smallest absolute Gasteiger partial charge is 0.325 e. The van der Waals surface area contributed by atoms with Gasteiger partial charge >= 0.3 is 6.03 Å². The van der Waals surface area contributed by atoms with Crippen molar-refractivity contribution in [3.8, 4) is 5.82 Å². The van der Waals surface area contributed by atoms with E-state index in [0.29, 0.717) is 35.7 Å². The van der Waals surface area contributed by atoms with Gasteiger partial charge in [-0.3, -0.25) is 19.1 Å². The largest absolute Gasteiger partial charge is 0.360 e. The number of nitrogens with zero attached hydrogens (tertiary/aromatic N) is 3. The zero-order chi connectivity index (χ0) is 22.1. The van der Waals surface area contributed by atoms with E-state index in [-0.39, 0.29) is 18.2 Å². The molecule has 1 aromatic carbocycles. The third-order valence-corrected chi connectivity index (χ3v) is 5.55. The predicted molar refractivity (Wildman–Crippen MR) is 113 cm³/mol. The van der Waals surface area contributed by atoms with E-state index >= 15 is 0 Å². The van der Waals surface area contributed by atoms with Crippen molar-refractivity contribution in [2.45, 2.75) is 39.7 Å². The molecule has 31 heavy (non-hydrogen) atoms. The highest BCUT2D eigenvalue weighted by Crippen LogP contribution is 2.22. The number of carbonyl (C=O) groups is 3. The second-order valence-electron chi connectivity index (χ2n) is 7.79. The molecule has 1 N–H and O–H groups in total. The van der Waals surface area contributed by atoms with Crippen molar-refractivity contribution < 1.29 is 18.9 Å². The molecule has 2 aromatic heterocycles. The van der Waals surface area contributed by atoms with Gasteiger partial charge in [0.05, 0.1) is 6.54 Å². The van der Waals surface area contributed by atoms with E-state index in [1.165, 1.54) is 0 Å². The molecule has 0 unspecified atom stereocenters. The molecule has 0 saturated carbocycles. The standard InChI is InChI=1S/C23H24N4O4/c1-14-11-18(16(3)27(14)21-12-15(2)31-25-21)20(28)13-26-22(29)19(24-23(26)30)10-9-17-7-5-4-6-8-17/h4-8,11-12,19H,9-10,13H2,1-3H3,(H,24,30)/t19-/m1/s1. The zero-order valence-electron chi connectivity index (χ0n) is 17.7. The van der Waals surface area contributed by atoms with Crippen LogP contribution in [0.25, 0.3) is 5.82 Å². The van der Waals surface area contributed by atoms with Crippen LogP contribution in [0, 0.1) is 20.8 Å². The quantitative estimate of drug-likeness (QED) is 0.468. The number of aryl methyl sites for hydroxylation is 3. The first-order chi connectivity index (χ1) is 14.8. The van der Waals surface area contributed by atoms with Gasteiger partial charge in [-0.15, -0.1) is 0 Å². The fourth-order valence-corrected chi connectivity index (χ4v) is 3.96. The Morgan fingerprint density at radius 2 is 1.87 bits per heavy atom. The van der Waals surface area contributed by atoms with Gasteiger partial charge in [-0.05, 0) is 45.2 Å². The van der Waals surface area contributed by atoms with Gasteiger partial charge in [-0.2, -0.15) is 0 Å². The van der Waals surface area contributed by atoms with E-state index in [1.54, 1.807) is 26.0 Å². The summed E-state index contributed by atoms with van der Waals surface area (Å²) in [5.74, 6) is 0.584. The number of nitrogens with one attached hydrogen (secondary N) is 1. The number of benzene rings is 1. The van der Waals surface area contributed by atoms with Crippen LogP contribution in [0.3, 0.4) is 0 Å². The third-order valence-electron chi connectivity index (χ3n) is 5.55. The monoisotopic (exact) mass is 420 g/mol. The van der Waals surface area contributed by atoms with Gasteiger partial charge in [0.2, 0.25) is 0 Å². The Labute approximate surface area is 179 Å². The van der Waals surface area contributed by atoms with Crippen LogP contribution in [-0.2, 0) is 11.2 Å². The lowest BCUT2D eigenvalue weighted by molar-refractivity contribution is -0.127. The lowest BCUT2D eigenvalue weighted by Gasteiger charge is -2.12. The molecule has 0 bridgehead atoms. The van der Waals surface area contributed by atoms with Crippen LogP contribution >= 0.6 is 0 Å². The molecule has 1 saturated heterocycles. The molecule has 3 amide bonds. The number of imide groups is 1. The zero-order valence-corrected chi connectivity index (χ0v) is 17.7. The van der Waals surface area contributed by atoms with Crippen LogP contribution in [0.15, 0.2) is 47.0 Å². The third kappa shape index (κ3) is 4.01. The lowest BCUT2D eigenvalue weighted by atomic mass is 10.1. The van der Waals surface area contributed by atoms with Gasteiger partial charge in [-0.1, -0.05) is 35.5 Å². The Balaban J connectivity index is 1.46. The van der Waals surface area contributed by atoms with Crippen LogP contribution in [-0.4, -0.2) is 44.9 Å². The Morgan fingerprint density at radius 3 is 2.55 bits per heavy atom. The van der Waals surface area contributed by atoms with Crippen LogP contribution < -0.4 is 5.32 Å². The van der Waals surface area contributed by atoms with Gasteiger partial charge < -0.3 is 9.84 Å². The minimum Gasteiger partial charge on any atom is -0.360 e. The first-order valence-electron chi connectivity index (χ1n) is 10.2. The van der Waals surface area contributed by atoms with Crippen molar-refractivity contribution in [1.82, 2.24) is 19.9 Å². The summed E-state index contributed by atoms with van der Waals surface area (Å²) >= 11 is 0. The summed E-state index contributed by atoms with van der Waals surface area (Å²) in [5, 5.41) is 6.71. The van der Waals surface area contributed by atoms with E-state index in [0.717, 1.165) is 16.2 Å². The highest BCUT2D eigenvalue weighted by molar-refractivity contribution is 6.09. The molecule has 1 aliphatic heterocycles. The fraction of sp³-hybridized carbons (Fsp3) is 0.304. The number of aromatic nitrogens is 2. The Kier molecular flexibility index (Phi) is 5.46. The molecule has 3 heterocycles. The second-order valence-corrected chi connectivity index (χ2v) is 7.79. The van der Waals surface area contributed by atoms with E-state index in [4.69, 9.17) is 4.52 Å². The van der Waals surface area contributed by atoms with E-state index in [2.05, 4.69) is 10.5 Å². The average Bonchev–Trinajstić information content (AvgIpc) is 3.38. The van der Waals surface area contributed by atoms with Crippen LogP contribution in [0.1, 0.15) is 39.5 Å². The number of amides is 3. The number of carbonyl (C=O) groups excluding carboxylic acids is 3. The summed E-state index contributed by atoms with van der Waals surface area (Å²) in [5.41, 5.74) is 3.04. The van der Waals surface area contributed by atoms with Crippen molar-refractivity contribution in [2.24, 2.45) is 0 Å². The number of Topliss-reactive ketones (excluding diaryl/α,β-unsaturated/α-hetero) is 1. The van der Waals surface area contributed by atoms with Crippen molar-refractivity contribution >= 4 is 17.7 Å². The Hall–Kier alpha value is -3.68. The summed E-state index contributed by atoms with van der Waals surface area (Å²) in [7, 11) is 0. The fourth-order valence-electron chi connectivity index (χ4n) is 3.96. The number of rotatable bonds is 7. The molecule has 4 rings (SSSR count). The summed E-state index contributed by atoms with van der Waals surface area (Å²) in [6.45, 7) is 5.16. The number of hydrogen-bond donors (Lipinski definition) is 1. The van der Waals surface area contributed by atoms with Gasteiger partial charge in [-0.25, -0.2) is 4.79 Å². The average molecular weight is 420 g/mol. The van der Waals surface area contributed by atoms with E-state index in [1.807, 2.05) is 41.8 Å². The van der Waals surface area contributed by atoms with Crippen molar-refractivity contribution in [2.75, 3.05) is 6.54 Å². The SMILES string of the molecule is Cc1cc(-n2c(C)cc(C(=O)CN3C(=O)N[C@H](CCc4ccccc4)C3=O)c2C)no1. The van der Waals surface area contributed by atoms with E-state index < -0.39 is 12.1 Å². The topological polar surface area (TPSA) is 97.4 Å². The maximum absolute atomic E-state index is 13.0. The van der Waals surface area contributed by atoms with Crippen LogP contribution in [0.4, 0.5) is 4.79 Å². The first kappa shape index (κ1) is 20.6. The van der Waals surface area contributed by atoms with Crippen molar-refractivity contribution in [3.63, 3.8) is 0 Å². The van der Waals surface area contributed by atoms with Gasteiger partial charge in [0.15, 0.2) is 11.6 Å². The highest BCUT2D eigenvalue weighted by Gasteiger charge is 2.39. The summed E-state index contributed by atoms with van der Waals surface area (Å²) < 4.78 is 6.96. The molecule has 1 fully saturated rings. The Morgan fingerprint density at radius 1 is 1.13 bits per heavy atom. The summed E-state index contributed by atoms with van der Waals surface area (Å²) in [6.07, 6.45) is 1.15. The molecule has 0 aliphatic carbocycles. The first-order valence-corrected chi connectivity index (χ1v) is 10.2. The minimum absolute atomic E-state index is 0.297. The number of urea groups is 1. The highest BCUT2D eigenvalue weighted by atomic mass is 16.5. The minimum atomic E-state index is -0.619. The molecule has 0 radical (unpaired) electrons. The summed E-state index contributed by atoms with van der Waals surface area (Å²) in [4.78, 5) is 39.1. The van der Waals surface area contributed by atoms with Crippen molar-refractivity contribution in [3.05, 3.63) is 70.7 Å². The van der Waals surface area contributed by atoms with Gasteiger partial charge in [0, 0.05) is 23.0 Å². The maximum Gasteiger partial charge on any atom is 0.325 e. The normalized spacial score (nSPS) is 16.1. The van der Waals surface area contributed by atoms with Crippen LogP contribution in [0.5, 0.6) is 0 Å². The van der Waals surface area contributed by atoms with E-state index in [9.17, 15) is 14.4 Å². The molecule has 8 heteroatoms.